The minimum absolute atomic E-state index is 0.0583. The summed E-state index contributed by atoms with van der Waals surface area (Å²) in [6.45, 7) is 4.52. The van der Waals surface area contributed by atoms with Gasteiger partial charge in [0.25, 0.3) is 5.91 Å². The Balaban J connectivity index is 1.81. The normalized spacial score (nSPS) is 11.7. The first-order valence-electron chi connectivity index (χ1n) is 8.80. The number of benzene rings is 2. The number of nitrogens with zero attached hydrogens (tertiary/aromatic N) is 3. The molecule has 1 aromatic heterocycles. The molecule has 3 aromatic rings. The van der Waals surface area contributed by atoms with Crippen molar-refractivity contribution in [2.45, 2.75) is 19.9 Å². The minimum atomic E-state index is -0.0724. The Kier molecular flexibility index (Phi) is 6.39. The summed E-state index contributed by atoms with van der Waals surface area (Å²) in [4.78, 5) is 23.4. The van der Waals surface area contributed by atoms with Crippen LogP contribution in [-0.2, 0) is 0 Å². The number of aromatic nitrogens is 2. The Hall–Kier alpha value is -2.48. The van der Waals surface area contributed by atoms with Gasteiger partial charge in [-0.05, 0) is 66.3 Å². The summed E-state index contributed by atoms with van der Waals surface area (Å²) >= 11 is 2.21. The number of anilines is 2. The molecule has 0 unspecified atom stereocenters. The summed E-state index contributed by atoms with van der Waals surface area (Å²) in [7, 11) is 0. The predicted molar refractivity (Wildman–Crippen MR) is 117 cm³/mol. The fourth-order valence-electron chi connectivity index (χ4n) is 2.77. The van der Waals surface area contributed by atoms with Gasteiger partial charge in [-0.15, -0.1) is 0 Å². The zero-order valence-corrected chi connectivity index (χ0v) is 17.4. The Morgan fingerprint density at radius 2 is 1.93 bits per heavy atom. The van der Waals surface area contributed by atoms with Gasteiger partial charge in [0.1, 0.15) is 5.82 Å². The number of halogens is 1. The number of nitrogens with one attached hydrogen (secondary N) is 1. The third-order valence-electron chi connectivity index (χ3n) is 4.20. The van der Waals surface area contributed by atoms with E-state index in [9.17, 15) is 4.79 Å². The molecule has 1 atom stereocenters. The summed E-state index contributed by atoms with van der Waals surface area (Å²) < 4.78 is 1.02. The lowest BCUT2D eigenvalue weighted by molar-refractivity contribution is 0.0987. The third kappa shape index (κ3) is 4.82. The van der Waals surface area contributed by atoms with Gasteiger partial charge in [-0.25, -0.2) is 4.98 Å². The highest BCUT2D eigenvalue weighted by Crippen LogP contribution is 2.20. The summed E-state index contributed by atoms with van der Waals surface area (Å²) in [5, 5.41) is 3.30. The molecule has 0 saturated heterocycles. The van der Waals surface area contributed by atoms with Gasteiger partial charge < -0.3 is 5.32 Å². The smallest absolute Gasteiger partial charge is 0.259 e. The largest absolute Gasteiger partial charge is 0.348 e. The van der Waals surface area contributed by atoms with E-state index in [0.717, 1.165) is 9.13 Å². The van der Waals surface area contributed by atoms with Crippen molar-refractivity contribution in [3.05, 3.63) is 81.6 Å². The quantitative estimate of drug-likeness (QED) is 0.518. The van der Waals surface area contributed by atoms with E-state index in [0.29, 0.717) is 23.9 Å². The zero-order valence-electron chi connectivity index (χ0n) is 15.3. The average Bonchev–Trinajstić information content (AvgIpc) is 2.69. The van der Waals surface area contributed by atoms with Crippen molar-refractivity contribution in [3.8, 4) is 0 Å². The van der Waals surface area contributed by atoms with Crippen LogP contribution in [-0.4, -0.2) is 22.4 Å². The second kappa shape index (κ2) is 8.94. The van der Waals surface area contributed by atoms with Gasteiger partial charge in [-0.1, -0.05) is 36.4 Å². The van der Waals surface area contributed by atoms with E-state index in [2.05, 4.69) is 56.9 Å². The molecule has 5 nitrogen and oxygen atoms in total. The van der Waals surface area contributed by atoms with Gasteiger partial charge >= 0.3 is 0 Å². The molecule has 6 heteroatoms. The Labute approximate surface area is 173 Å². The summed E-state index contributed by atoms with van der Waals surface area (Å²) in [5.41, 5.74) is 1.79. The minimum Gasteiger partial charge on any atom is -0.348 e. The maximum Gasteiger partial charge on any atom is 0.259 e. The van der Waals surface area contributed by atoms with Crippen LogP contribution in [0.3, 0.4) is 0 Å². The van der Waals surface area contributed by atoms with Crippen LogP contribution in [0.25, 0.3) is 0 Å². The number of carbonyl (C=O) groups is 1. The van der Waals surface area contributed by atoms with E-state index in [1.165, 1.54) is 0 Å². The third-order valence-corrected chi connectivity index (χ3v) is 4.87. The first kappa shape index (κ1) is 19.3. The van der Waals surface area contributed by atoms with Crippen molar-refractivity contribution < 1.29 is 4.79 Å². The summed E-state index contributed by atoms with van der Waals surface area (Å²) in [5.74, 6) is 1.01. The molecule has 0 bridgehead atoms. The van der Waals surface area contributed by atoms with Crippen LogP contribution >= 0.6 is 22.6 Å². The van der Waals surface area contributed by atoms with Gasteiger partial charge in [0, 0.05) is 21.9 Å². The van der Waals surface area contributed by atoms with Crippen LogP contribution in [0, 0.1) is 3.57 Å². The van der Waals surface area contributed by atoms with E-state index in [1.54, 1.807) is 17.2 Å². The molecule has 0 spiro atoms. The Bertz CT molecular complexity index is 917. The molecule has 1 N–H and O–H groups in total. The highest BCUT2D eigenvalue weighted by molar-refractivity contribution is 14.1. The molecule has 27 heavy (non-hydrogen) atoms. The molecule has 0 radical (unpaired) electrons. The van der Waals surface area contributed by atoms with Crippen LogP contribution in [0.5, 0.6) is 0 Å². The van der Waals surface area contributed by atoms with E-state index >= 15 is 0 Å². The Morgan fingerprint density at radius 1 is 1.15 bits per heavy atom. The van der Waals surface area contributed by atoms with Gasteiger partial charge in [0.15, 0.2) is 0 Å². The molecule has 0 aliphatic rings. The summed E-state index contributed by atoms with van der Waals surface area (Å²) in [6.07, 6.45) is 1.67. The standard InChI is InChI=1S/C21H21IN4O/c1-3-26(20(27)17-10-7-11-18(22)14-17)19-12-13-23-21(25-19)24-15(2)16-8-5-4-6-9-16/h4-15H,3H2,1-2H3,(H,23,24,25)/t15-/m0/s1. The van der Waals surface area contributed by atoms with Crippen molar-refractivity contribution in [1.29, 1.82) is 0 Å². The fraction of sp³-hybridized carbons (Fsp3) is 0.190. The van der Waals surface area contributed by atoms with Crippen LogP contribution in [0.1, 0.15) is 35.8 Å². The van der Waals surface area contributed by atoms with Gasteiger partial charge in [0.2, 0.25) is 5.95 Å². The lowest BCUT2D eigenvalue weighted by Gasteiger charge is -2.21. The fourth-order valence-corrected chi connectivity index (χ4v) is 3.32. The van der Waals surface area contributed by atoms with Crippen molar-refractivity contribution in [2.24, 2.45) is 0 Å². The highest BCUT2D eigenvalue weighted by atomic mass is 127. The van der Waals surface area contributed by atoms with Crippen molar-refractivity contribution >= 4 is 40.3 Å². The number of rotatable bonds is 6. The number of hydrogen-bond donors (Lipinski definition) is 1. The second-order valence-corrected chi connectivity index (χ2v) is 7.32. The maximum absolute atomic E-state index is 12.9. The van der Waals surface area contributed by atoms with Crippen LogP contribution < -0.4 is 10.2 Å². The number of carbonyl (C=O) groups excluding carboxylic acids is 1. The molecule has 0 saturated carbocycles. The number of hydrogen-bond acceptors (Lipinski definition) is 4. The van der Waals surface area contributed by atoms with E-state index in [4.69, 9.17) is 0 Å². The lowest BCUT2D eigenvalue weighted by Crippen LogP contribution is -2.31. The van der Waals surface area contributed by atoms with Crippen LogP contribution in [0.4, 0.5) is 11.8 Å². The molecule has 0 fully saturated rings. The Morgan fingerprint density at radius 3 is 2.63 bits per heavy atom. The average molecular weight is 472 g/mol. The number of amides is 1. The molecule has 2 aromatic carbocycles. The summed E-state index contributed by atoms with van der Waals surface area (Å²) in [6, 6.07) is 19.5. The highest BCUT2D eigenvalue weighted by Gasteiger charge is 2.18. The molecular weight excluding hydrogens is 451 g/mol. The van der Waals surface area contributed by atoms with Crippen LogP contribution in [0.15, 0.2) is 66.9 Å². The van der Waals surface area contributed by atoms with Crippen molar-refractivity contribution in [1.82, 2.24) is 9.97 Å². The predicted octanol–water partition coefficient (Wildman–Crippen LogP) is 4.92. The first-order chi connectivity index (χ1) is 13.1. The SMILES string of the molecule is CCN(C(=O)c1cccc(I)c1)c1ccnc(N[C@@H](C)c2ccccc2)n1. The van der Waals surface area contributed by atoms with Gasteiger partial charge in [-0.3, -0.25) is 9.69 Å². The molecule has 0 aliphatic carbocycles. The first-order valence-corrected chi connectivity index (χ1v) is 9.88. The van der Waals surface area contributed by atoms with E-state index in [1.807, 2.05) is 49.4 Å². The zero-order chi connectivity index (χ0) is 19.2. The molecule has 0 aliphatic heterocycles. The maximum atomic E-state index is 12.9. The van der Waals surface area contributed by atoms with Gasteiger partial charge in [0.05, 0.1) is 6.04 Å². The molecule has 3 rings (SSSR count). The van der Waals surface area contributed by atoms with Crippen LogP contribution in [0.2, 0.25) is 0 Å². The molecule has 1 heterocycles. The van der Waals surface area contributed by atoms with E-state index < -0.39 is 0 Å². The van der Waals surface area contributed by atoms with Crippen molar-refractivity contribution in [2.75, 3.05) is 16.8 Å². The lowest BCUT2D eigenvalue weighted by atomic mass is 10.1. The second-order valence-electron chi connectivity index (χ2n) is 6.07. The molecular formula is C21H21IN4O. The van der Waals surface area contributed by atoms with Gasteiger partial charge in [-0.2, -0.15) is 4.98 Å². The molecule has 138 valence electrons. The van der Waals surface area contributed by atoms with E-state index in [-0.39, 0.29) is 11.9 Å². The monoisotopic (exact) mass is 472 g/mol. The van der Waals surface area contributed by atoms with Crippen molar-refractivity contribution in [3.63, 3.8) is 0 Å². The molecule has 1 amide bonds. The topological polar surface area (TPSA) is 58.1 Å².